The van der Waals surface area contributed by atoms with Crippen LogP contribution in [0.3, 0.4) is 0 Å². The lowest BCUT2D eigenvalue weighted by Gasteiger charge is -2.14. The first-order valence-electron chi connectivity index (χ1n) is 6.47. The summed E-state index contributed by atoms with van der Waals surface area (Å²) in [6, 6.07) is 0. The molecule has 0 radical (unpaired) electrons. The van der Waals surface area contributed by atoms with Crippen molar-refractivity contribution in [2.24, 2.45) is 0 Å². The largest absolute Gasteiger partial charge is 0.459 e. The van der Waals surface area contributed by atoms with E-state index in [-0.39, 0.29) is 5.97 Å². The molecule has 0 aromatic heterocycles. The van der Waals surface area contributed by atoms with Crippen LogP contribution >= 0.6 is 0 Å². The first kappa shape index (κ1) is 15.2. The van der Waals surface area contributed by atoms with Crippen LogP contribution in [-0.4, -0.2) is 46.7 Å². The van der Waals surface area contributed by atoms with E-state index in [4.69, 9.17) is 15.9 Å². The highest BCUT2D eigenvalue weighted by molar-refractivity contribution is 5.71. The molecule has 5 nitrogen and oxygen atoms in total. The molecule has 5 atom stereocenters. The van der Waals surface area contributed by atoms with Crippen LogP contribution in [0.4, 0.5) is 0 Å². The number of aliphatic hydroxyl groups excluding tert-OH is 2. The van der Waals surface area contributed by atoms with E-state index in [2.05, 4.69) is 29.6 Å². The van der Waals surface area contributed by atoms with E-state index in [1.54, 1.807) is 0 Å². The number of hydrogen-bond donors (Lipinski definition) is 2. The number of epoxide rings is 1. The molecule has 0 aliphatic carbocycles. The molecule has 0 aromatic carbocycles. The second kappa shape index (κ2) is 6.97. The van der Waals surface area contributed by atoms with E-state index in [0.29, 0.717) is 12.8 Å². The Balaban J connectivity index is 1.79. The molecule has 0 aromatic rings. The van der Waals surface area contributed by atoms with Gasteiger partial charge in [0.1, 0.15) is 30.5 Å². The minimum absolute atomic E-state index is 0.301. The number of terminal acetylenes is 1. The van der Waals surface area contributed by atoms with Gasteiger partial charge in [0.2, 0.25) is 0 Å². The molecule has 2 fully saturated rings. The van der Waals surface area contributed by atoms with Crippen molar-refractivity contribution in [2.75, 3.05) is 0 Å². The highest BCUT2D eigenvalue weighted by atomic mass is 16.6. The van der Waals surface area contributed by atoms with Crippen LogP contribution in [0.15, 0.2) is 12.2 Å². The van der Waals surface area contributed by atoms with Crippen LogP contribution < -0.4 is 0 Å². The number of allylic oxidation sites excluding steroid dienone is 1. The molecule has 0 bridgehead atoms. The van der Waals surface area contributed by atoms with Gasteiger partial charge >= 0.3 is 5.97 Å². The fourth-order valence-corrected chi connectivity index (χ4v) is 2.09. The molecule has 2 N–H and O–H groups in total. The topological polar surface area (TPSA) is 79.3 Å². The van der Waals surface area contributed by atoms with Gasteiger partial charge in [-0.1, -0.05) is 5.92 Å². The third-order valence-corrected chi connectivity index (χ3v) is 3.18. The van der Waals surface area contributed by atoms with Crippen LogP contribution in [0.5, 0.6) is 0 Å². The SMILES string of the molecule is C#CC#CC#C/C=C\[C@@H](O)[C@@H]1O[C@H]1[C@H](O)[C@@H]1CCC(=O)O1. The first-order valence-corrected chi connectivity index (χ1v) is 6.47. The van der Waals surface area contributed by atoms with Crippen molar-refractivity contribution in [1.29, 1.82) is 0 Å². The van der Waals surface area contributed by atoms with Crippen molar-refractivity contribution in [1.82, 2.24) is 0 Å². The monoisotopic (exact) mass is 286 g/mol. The molecule has 2 rings (SSSR count). The van der Waals surface area contributed by atoms with Crippen LogP contribution in [0, 0.1) is 36.0 Å². The predicted molar refractivity (Wildman–Crippen MR) is 73.3 cm³/mol. The zero-order valence-electron chi connectivity index (χ0n) is 11.2. The van der Waals surface area contributed by atoms with Gasteiger partial charge in [-0.2, -0.15) is 0 Å². The summed E-state index contributed by atoms with van der Waals surface area (Å²) >= 11 is 0. The fraction of sp³-hybridized carbons (Fsp3) is 0.438. The number of cyclic esters (lactones) is 1. The van der Waals surface area contributed by atoms with Gasteiger partial charge in [-0.25, -0.2) is 0 Å². The Kier molecular flexibility index (Phi) is 5.04. The lowest BCUT2D eigenvalue weighted by molar-refractivity contribution is -0.145. The summed E-state index contributed by atoms with van der Waals surface area (Å²) in [4.78, 5) is 11.0. The smallest absolute Gasteiger partial charge is 0.306 e. The number of rotatable bonds is 4. The second-order valence-electron chi connectivity index (χ2n) is 4.64. The summed E-state index contributed by atoms with van der Waals surface area (Å²) in [6.07, 6.45) is 5.17. The number of esters is 1. The normalized spacial score (nSPS) is 29.4. The van der Waals surface area contributed by atoms with Gasteiger partial charge in [0.05, 0.1) is 0 Å². The van der Waals surface area contributed by atoms with Gasteiger partial charge in [-0.05, 0) is 42.3 Å². The Morgan fingerprint density at radius 1 is 1.29 bits per heavy atom. The van der Waals surface area contributed by atoms with Crippen molar-refractivity contribution in [3.05, 3.63) is 12.2 Å². The summed E-state index contributed by atoms with van der Waals surface area (Å²) in [5, 5.41) is 19.8. The highest BCUT2D eigenvalue weighted by Crippen LogP contribution is 2.33. The van der Waals surface area contributed by atoms with Crippen molar-refractivity contribution >= 4 is 5.97 Å². The van der Waals surface area contributed by atoms with Crippen molar-refractivity contribution in [3.8, 4) is 36.0 Å². The quantitative estimate of drug-likeness (QED) is 0.409. The van der Waals surface area contributed by atoms with Crippen LogP contribution in [0.2, 0.25) is 0 Å². The number of hydrogen-bond acceptors (Lipinski definition) is 5. The number of ether oxygens (including phenoxy) is 2. The minimum atomic E-state index is -0.919. The standard InChI is InChI=1S/C16H14O5/c1-2-3-4-5-6-7-8-11(17)15-16(21-15)14(19)12-9-10-13(18)20-12/h1,7-8,11-12,14-17,19H,9-10H2/b8-7-/t11-,12+,14-,15+,16+/m1/s1. The van der Waals surface area contributed by atoms with Gasteiger partial charge in [0.25, 0.3) is 0 Å². The Morgan fingerprint density at radius 3 is 2.76 bits per heavy atom. The van der Waals surface area contributed by atoms with Crippen LogP contribution in [0.25, 0.3) is 0 Å². The van der Waals surface area contributed by atoms with E-state index < -0.39 is 30.5 Å². The molecule has 2 aliphatic rings. The molecule has 108 valence electrons. The molecular formula is C16H14O5. The Bertz CT molecular complexity index is 592. The molecule has 0 spiro atoms. The van der Waals surface area contributed by atoms with Gasteiger partial charge in [0, 0.05) is 6.42 Å². The maximum Gasteiger partial charge on any atom is 0.306 e. The molecule has 21 heavy (non-hydrogen) atoms. The molecular weight excluding hydrogens is 272 g/mol. The number of aliphatic hydroxyl groups is 2. The fourth-order valence-electron chi connectivity index (χ4n) is 2.09. The highest BCUT2D eigenvalue weighted by Gasteiger charge is 2.52. The van der Waals surface area contributed by atoms with Gasteiger partial charge < -0.3 is 19.7 Å². The van der Waals surface area contributed by atoms with Gasteiger partial charge in [-0.15, -0.1) is 6.42 Å². The third-order valence-electron chi connectivity index (χ3n) is 3.18. The minimum Gasteiger partial charge on any atom is -0.459 e. The van der Waals surface area contributed by atoms with E-state index in [9.17, 15) is 15.0 Å². The van der Waals surface area contributed by atoms with E-state index in [1.165, 1.54) is 12.2 Å². The molecule has 2 aliphatic heterocycles. The van der Waals surface area contributed by atoms with E-state index >= 15 is 0 Å². The van der Waals surface area contributed by atoms with Crippen LogP contribution in [-0.2, 0) is 14.3 Å². The zero-order chi connectivity index (χ0) is 15.2. The van der Waals surface area contributed by atoms with E-state index in [1.807, 2.05) is 0 Å². The Labute approximate surface area is 122 Å². The molecule has 2 heterocycles. The average molecular weight is 286 g/mol. The number of carbonyl (C=O) groups is 1. The second-order valence-corrected chi connectivity index (χ2v) is 4.64. The molecule has 0 unspecified atom stereocenters. The summed E-state index contributed by atoms with van der Waals surface area (Å²) in [7, 11) is 0. The van der Waals surface area contributed by atoms with Gasteiger partial charge in [0.15, 0.2) is 0 Å². The summed E-state index contributed by atoms with van der Waals surface area (Å²) in [5.41, 5.74) is 0. The van der Waals surface area contributed by atoms with Crippen molar-refractivity contribution in [3.63, 3.8) is 0 Å². The average Bonchev–Trinajstić information content (AvgIpc) is 3.16. The summed E-state index contributed by atoms with van der Waals surface area (Å²) in [6.45, 7) is 0. The Hall–Kier alpha value is -2.23. The molecule has 5 heteroatoms. The van der Waals surface area contributed by atoms with Crippen molar-refractivity contribution < 1.29 is 24.5 Å². The van der Waals surface area contributed by atoms with E-state index in [0.717, 1.165) is 0 Å². The maximum atomic E-state index is 11.0. The lowest BCUT2D eigenvalue weighted by atomic mass is 10.0. The van der Waals surface area contributed by atoms with Gasteiger partial charge in [-0.3, -0.25) is 4.79 Å². The molecule has 2 saturated heterocycles. The first-order chi connectivity index (χ1) is 10.1. The third kappa shape index (κ3) is 4.12. The van der Waals surface area contributed by atoms with Crippen LogP contribution in [0.1, 0.15) is 12.8 Å². The zero-order valence-corrected chi connectivity index (χ0v) is 11.2. The molecule has 0 saturated carbocycles. The lowest BCUT2D eigenvalue weighted by Crippen LogP contribution is -2.33. The van der Waals surface area contributed by atoms with Crippen molar-refractivity contribution in [2.45, 2.75) is 43.4 Å². The number of carbonyl (C=O) groups excluding carboxylic acids is 1. The molecule has 0 amide bonds. The Morgan fingerprint density at radius 2 is 2.10 bits per heavy atom. The maximum absolute atomic E-state index is 11.0. The summed E-state index contributed by atoms with van der Waals surface area (Å²) in [5.74, 6) is 11.6. The summed E-state index contributed by atoms with van der Waals surface area (Å²) < 4.78 is 10.2. The predicted octanol–water partition coefficient (Wildman–Crippen LogP) is -0.623.